The molecule has 0 saturated heterocycles. The minimum absolute atomic E-state index is 0.303. The van der Waals surface area contributed by atoms with Crippen LogP contribution in [0.15, 0.2) is 28.6 Å². The van der Waals surface area contributed by atoms with Crippen molar-refractivity contribution in [2.45, 2.75) is 23.9 Å². The number of carbonyl (C=O) groups is 1. The number of carbonyl (C=O) groups excluding carboxylic acids is 1. The molecule has 2 aromatic rings. The van der Waals surface area contributed by atoms with Gasteiger partial charge >= 0.3 is 5.97 Å². The van der Waals surface area contributed by atoms with Crippen LogP contribution in [-0.4, -0.2) is 21.9 Å². The number of nitrogens with zero attached hydrogens (tertiary/aromatic N) is 2. The van der Waals surface area contributed by atoms with Crippen molar-refractivity contribution < 1.29 is 9.53 Å². The summed E-state index contributed by atoms with van der Waals surface area (Å²) in [6.45, 7) is 2.13. The highest BCUT2D eigenvalue weighted by atomic mass is 32.2. The summed E-state index contributed by atoms with van der Waals surface area (Å²) < 4.78 is 6.23. The molecule has 1 unspecified atom stereocenters. The number of rotatable bonds is 5. The zero-order valence-electron chi connectivity index (χ0n) is 10.8. The Kier molecular flexibility index (Phi) is 3.88. The van der Waals surface area contributed by atoms with Crippen LogP contribution in [0.25, 0.3) is 0 Å². The molecule has 0 radical (unpaired) electrons. The van der Waals surface area contributed by atoms with E-state index in [1.54, 1.807) is 17.8 Å². The average molecular weight is 307 g/mol. The minimum Gasteiger partial charge on any atom is -0.434 e. The van der Waals surface area contributed by atoms with Crippen LogP contribution >= 0.6 is 23.1 Å². The number of esters is 1. The number of fused-ring (bicyclic) bond motifs is 1. The normalized spacial score (nSPS) is 16.9. The molecular weight excluding hydrogens is 294 g/mol. The van der Waals surface area contributed by atoms with Crippen LogP contribution in [0.2, 0.25) is 0 Å². The Hall–Kier alpha value is -1.60. The molecule has 20 heavy (non-hydrogen) atoms. The summed E-state index contributed by atoms with van der Waals surface area (Å²) in [4.78, 5) is 11.7. The lowest BCUT2D eigenvalue weighted by molar-refractivity contribution is 0.0437. The summed E-state index contributed by atoms with van der Waals surface area (Å²) in [6.07, 6.45) is 0.622. The number of benzene rings is 1. The van der Waals surface area contributed by atoms with Gasteiger partial charge in [0.15, 0.2) is 4.34 Å². The van der Waals surface area contributed by atoms with E-state index in [1.807, 2.05) is 18.2 Å². The summed E-state index contributed by atoms with van der Waals surface area (Å²) in [5.74, 6) is 0.721. The van der Waals surface area contributed by atoms with Gasteiger partial charge in [0.05, 0.1) is 5.56 Å². The molecule has 0 fully saturated rings. The monoisotopic (exact) mass is 307 g/mol. The molecular formula is C13H13N3O2S2. The van der Waals surface area contributed by atoms with E-state index in [9.17, 15) is 4.79 Å². The van der Waals surface area contributed by atoms with Crippen LogP contribution < -0.4 is 5.32 Å². The Balaban J connectivity index is 1.73. The van der Waals surface area contributed by atoms with Crippen molar-refractivity contribution in [1.29, 1.82) is 0 Å². The van der Waals surface area contributed by atoms with E-state index in [-0.39, 0.29) is 5.97 Å². The van der Waals surface area contributed by atoms with E-state index in [2.05, 4.69) is 22.4 Å². The van der Waals surface area contributed by atoms with Gasteiger partial charge in [0, 0.05) is 11.3 Å². The molecule has 1 aliphatic heterocycles. The Morgan fingerprint density at radius 2 is 2.25 bits per heavy atom. The zero-order chi connectivity index (χ0) is 13.9. The molecule has 104 valence electrons. The first-order valence-corrected chi connectivity index (χ1v) is 8.11. The van der Waals surface area contributed by atoms with Gasteiger partial charge in [-0.1, -0.05) is 48.2 Å². The van der Waals surface area contributed by atoms with Gasteiger partial charge in [-0.3, -0.25) is 0 Å². The molecule has 0 amide bonds. The quantitative estimate of drug-likeness (QED) is 0.675. The van der Waals surface area contributed by atoms with Gasteiger partial charge in [-0.25, -0.2) is 4.79 Å². The number of ether oxygens (including phenoxy) is 1. The molecule has 2 heterocycles. The molecule has 0 spiro atoms. The second-order valence-corrected chi connectivity index (χ2v) is 6.56. The van der Waals surface area contributed by atoms with Crippen molar-refractivity contribution in [3.8, 4) is 0 Å². The van der Waals surface area contributed by atoms with Crippen molar-refractivity contribution in [3.63, 3.8) is 0 Å². The first-order valence-electron chi connectivity index (χ1n) is 6.30. The number of anilines is 1. The maximum Gasteiger partial charge on any atom is 0.340 e. The third-order valence-electron chi connectivity index (χ3n) is 2.78. The average Bonchev–Trinajstić information content (AvgIpc) is 3.03. The van der Waals surface area contributed by atoms with E-state index in [4.69, 9.17) is 4.74 Å². The summed E-state index contributed by atoms with van der Waals surface area (Å²) in [7, 11) is 0. The fourth-order valence-corrected chi connectivity index (χ4v) is 3.58. The Labute approximate surface area is 124 Å². The minimum atomic E-state index is -0.476. The van der Waals surface area contributed by atoms with Gasteiger partial charge in [0.25, 0.3) is 0 Å². The van der Waals surface area contributed by atoms with E-state index < -0.39 is 6.23 Å². The lowest BCUT2D eigenvalue weighted by Gasteiger charge is -2.10. The summed E-state index contributed by atoms with van der Waals surface area (Å²) in [5, 5.41) is 12.0. The van der Waals surface area contributed by atoms with Gasteiger partial charge in [-0.2, -0.15) is 0 Å². The van der Waals surface area contributed by atoms with Crippen molar-refractivity contribution in [1.82, 2.24) is 10.2 Å². The second kappa shape index (κ2) is 5.80. The number of thioether (sulfide) groups is 1. The van der Waals surface area contributed by atoms with Gasteiger partial charge in [0.1, 0.15) is 0 Å². The van der Waals surface area contributed by atoms with Crippen LogP contribution in [0.1, 0.15) is 35.5 Å². The molecule has 0 bridgehead atoms. The fraction of sp³-hybridized carbons (Fsp3) is 0.308. The Morgan fingerprint density at radius 3 is 3.10 bits per heavy atom. The number of cyclic esters (lactones) is 1. The molecule has 3 rings (SSSR count). The maximum absolute atomic E-state index is 11.7. The van der Waals surface area contributed by atoms with Crippen molar-refractivity contribution in [3.05, 3.63) is 35.4 Å². The summed E-state index contributed by atoms with van der Waals surface area (Å²) in [5.41, 5.74) is 1.45. The van der Waals surface area contributed by atoms with Crippen molar-refractivity contribution in [2.24, 2.45) is 0 Å². The largest absolute Gasteiger partial charge is 0.434 e. The van der Waals surface area contributed by atoms with Crippen LogP contribution in [0.5, 0.6) is 0 Å². The third-order valence-corrected chi connectivity index (χ3v) is 4.97. The molecule has 0 aliphatic carbocycles. The lowest BCUT2D eigenvalue weighted by atomic mass is 10.1. The molecule has 1 aliphatic rings. The van der Waals surface area contributed by atoms with Crippen molar-refractivity contribution >= 4 is 34.2 Å². The van der Waals surface area contributed by atoms with E-state index >= 15 is 0 Å². The molecule has 0 saturated carbocycles. The van der Waals surface area contributed by atoms with Crippen LogP contribution in [0.4, 0.5) is 5.13 Å². The van der Waals surface area contributed by atoms with Gasteiger partial charge in [0.2, 0.25) is 11.4 Å². The molecule has 1 N–H and O–H groups in total. The Morgan fingerprint density at radius 1 is 1.40 bits per heavy atom. The number of nitrogens with one attached hydrogen (secondary N) is 1. The molecule has 1 atom stereocenters. The molecule has 1 aromatic heterocycles. The lowest BCUT2D eigenvalue weighted by Crippen LogP contribution is -2.09. The number of aromatic nitrogens is 2. The van der Waals surface area contributed by atoms with E-state index in [0.29, 0.717) is 10.7 Å². The maximum atomic E-state index is 11.7. The van der Waals surface area contributed by atoms with E-state index in [0.717, 1.165) is 22.1 Å². The molecule has 1 aromatic carbocycles. The summed E-state index contributed by atoms with van der Waals surface area (Å²) >= 11 is 3.16. The first-order chi connectivity index (χ1) is 9.78. The number of hydrogen-bond donors (Lipinski definition) is 1. The summed E-state index contributed by atoms with van der Waals surface area (Å²) in [6, 6.07) is 7.36. The molecule has 5 nitrogen and oxygen atoms in total. The first kappa shape index (κ1) is 13.4. The SMILES string of the molecule is CCCSc1nnc(NC2OC(=O)c3ccccc32)s1. The fourth-order valence-electron chi connectivity index (χ4n) is 1.88. The topological polar surface area (TPSA) is 64.1 Å². The van der Waals surface area contributed by atoms with Crippen LogP contribution in [0.3, 0.4) is 0 Å². The van der Waals surface area contributed by atoms with Gasteiger partial charge < -0.3 is 10.1 Å². The predicted molar refractivity (Wildman–Crippen MR) is 79.1 cm³/mol. The van der Waals surface area contributed by atoms with Gasteiger partial charge in [-0.15, -0.1) is 10.2 Å². The predicted octanol–water partition coefficient (Wildman–Crippen LogP) is 3.32. The molecule has 7 heteroatoms. The highest BCUT2D eigenvalue weighted by molar-refractivity contribution is 8.01. The van der Waals surface area contributed by atoms with Crippen LogP contribution in [-0.2, 0) is 4.74 Å². The van der Waals surface area contributed by atoms with Crippen LogP contribution in [0, 0.1) is 0 Å². The number of hydrogen-bond acceptors (Lipinski definition) is 7. The zero-order valence-corrected chi connectivity index (χ0v) is 12.5. The highest BCUT2D eigenvalue weighted by Crippen LogP contribution is 2.33. The Bertz CT molecular complexity index is 630. The van der Waals surface area contributed by atoms with E-state index in [1.165, 1.54) is 11.3 Å². The van der Waals surface area contributed by atoms with Gasteiger partial charge in [-0.05, 0) is 12.5 Å². The smallest absolute Gasteiger partial charge is 0.340 e. The second-order valence-electron chi connectivity index (χ2n) is 4.24. The van der Waals surface area contributed by atoms with Crippen molar-refractivity contribution in [2.75, 3.05) is 11.1 Å². The highest BCUT2D eigenvalue weighted by Gasteiger charge is 2.31. The third kappa shape index (κ3) is 2.64. The standard InChI is InChI=1S/C13H13N3O2S2/c1-2-7-19-13-16-15-12(20-13)14-10-8-5-3-4-6-9(8)11(17)18-10/h3-6,10H,2,7H2,1H3,(H,14,15).